The summed E-state index contributed by atoms with van der Waals surface area (Å²) in [6.07, 6.45) is 9.35. The van der Waals surface area contributed by atoms with E-state index in [1.165, 1.54) is 27.8 Å². The maximum absolute atomic E-state index is 4.60. The molecule has 0 saturated carbocycles. The van der Waals surface area contributed by atoms with Crippen LogP contribution >= 0.6 is 0 Å². The van der Waals surface area contributed by atoms with Crippen LogP contribution in [0.2, 0.25) is 0 Å². The van der Waals surface area contributed by atoms with Gasteiger partial charge in [0.05, 0.1) is 5.52 Å². The first-order valence-corrected chi connectivity index (χ1v) is 9.13. The van der Waals surface area contributed by atoms with Crippen LogP contribution in [0.15, 0.2) is 84.8 Å². The third-order valence-corrected chi connectivity index (χ3v) is 4.54. The SMILES string of the molecule is C/C=C\N(Cc1cnc2ccccc2c1)/C(=C\C)Cc1ccc(C)cc1. The standard InChI is InChI=1S/C24H26N2/c1-4-14-26(23(5-2)16-20-12-10-19(3)11-13-20)18-21-15-22-8-6-7-9-24(22)25-17-21/h4-15,17H,16,18H2,1-3H3/b14-4-,23-5-. The van der Waals surface area contributed by atoms with Crippen molar-refractivity contribution in [2.75, 3.05) is 0 Å². The molecule has 0 bridgehead atoms. The summed E-state index contributed by atoms with van der Waals surface area (Å²) in [5, 5.41) is 1.19. The van der Waals surface area contributed by atoms with Gasteiger partial charge in [-0.2, -0.15) is 0 Å². The summed E-state index contributed by atoms with van der Waals surface area (Å²) in [5.74, 6) is 0. The number of aryl methyl sites for hydroxylation is 1. The summed E-state index contributed by atoms with van der Waals surface area (Å²) in [6, 6.07) is 19.3. The summed E-state index contributed by atoms with van der Waals surface area (Å²) in [4.78, 5) is 6.91. The molecule has 0 radical (unpaired) electrons. The predicted octanol–water partition coefficient (Wildman–Crippen LogP) is 6.03. The quantitative estimate of drug-likeness (QED) is 0.544. The summed E-state index contributed by atoms with van der Waals surface area (Å²) in [7, 11) is 0. The second kappa shape index (κ2) is 8.48. The van der Waals surface area contributed by atoms with Crippen LogP contribution in [0.4, 0.5) is 0 Å². The Kier molecular flexibility index (Phi) is 5.85. The fraction of sp³-hybridized carbons (Fsp3) is 0.208. The van der Waals surface area contributed by atoms with Gasteiger partial charge in [-0.3, -0.25) is 4.98 Å². The number of hydrogen-bond acceptors (Lipinski definition) is 2. The molecule has 0 N–H and O–H groups in total. The first-order valence-electron chi connectivity index (χ1n) is 9.13. The van der Waals surface area contributed by atoms with E-state index in [1.807, 2.05) is 12.3 Å². The molecule has 3 rings (SSSR count). The Bertz CT molecular complexity index is 920. The van der Waals surface area contributed by atoms with E-state index < -0.39 is 0 Å². The third-order valence-electron chi connectivity index (χ3n) is 4.54. The molecule has 1 heterocycles. The van der Waals surface area contributed by atoms with Crippen molar-refractivity contribution < 1.29 is 0 Å². The second-order valence-corrected chi connectivity index (χ2v) is 6.59. The molecule has 0 aliphatic rings. The largest absolute Gasteiger partial charge is 0.347 e. The fourth-order valence-corrected chi connectivity index (χ4v) is 3.11. The molecular formula is C24H26N2. The highest BCUT2D eigenvalue weighted by Gasteiger charge is 2.09. The number of hydrogen-bond donors (Lipinski definition) is 0. The van der Waals surface area contributed by atoms with Crippen molar-refractivity contribution in [1.29, 1.82) is 0 Å². The van der Waals surface area contributed by atoms with Crippen molar-refractivity contribution >= 4 is 10.9 Å². The van der Waals surface area contributed by atoms with Gasteiger partial charge in [0.25, 0.3) is 0 Å². The Labute approximate surface area is 156 Å². The average molecular weight is 342 g/mol. The zero-order chi connectivity index (χ0) is 18.4. The number of fused-ring (bicyclic) bond motifs is 1. The highest BCUT2D eigenvalue weighted by molar-refractivity contribution is 5.78. The van der Waals surface area contributed by atoms with Gasteiger partial charge in [0.2, 0.25) is 0 Å². The molecular weight excluding hydrogens is 316 g/mol. The molecule has 0 aliphatic carbocycles. The molecule has 0 fully saturated rings. The van der Waals surface area contributed by atoms with Crippen LogP contribution in [0.1, 0.15) is 30.5 Å². The average Bonchev–Trinajstić information content (AvgIpc) is 2.67. The van der Waals surface area contributed by atoms with E-state index in [1.54, 1.807) is 0 Å². The highest BCUT2D eigenvalue weighted by Crippen LogP contribution is 2.19. The first-order chi connectivity index (χ1) is 12.7. The zero-order valence-electron chi connectivity index (χ0n) is 15.8. The highest BCUT2D eigenvalue weighted by atomic mass is 15.1. The molecule has 132 valence electrons. The number of allylic oxidation sites excluding steroid dienone is 3. The van der Waals surface area contributed by atoms with Crippen LogP contribution in [0, 0.1) is 6.92 Å². The fourth-order valence-electron chi connectivity index (χ4n) is 3.11. The van der Waals surface area contributed by atoms with Gasteiger partial charge in [0, 0.05) is 30.2 Å². The lowest BCUT2D eigenvalue weighted by atomic mass is 10.1. The predicted molar refractivity (Wildman–Crippen MR) is 111 cm³/mol. The zero-order valence-corrected chi connectivity index (χ0v) is 15.8. The molecule has 2 heteroatoms. The van der Waals surface area contributed by atoms with E-state index in [-0.39, 0.29) is 0 Å². The molecule has 0 aliphatic heterocycles. The van der Waals surface area contributed by atoms with Gasteiger partial charge in [0.15, 0.2) is 0 Å². The minimum absolute atomic E-state index is 0.813. The normalized spacial score (nSPS) is 12.0. The number of aromatic nitrogens is 1. The van der Waals surface area contributed by atoms with Crippen molar-refractivity contribution in [2.24, 2.45) is 0 Å². The van der Waals surface area contributed by atoms with E-state index in [0.29, 0.717) is 0 Å². The van der Waals surface area contributed by atoms with Crippen LogP contribution in [-0.2, 0) is 13.0 Å². The van der Waals surface area contributed by atoms with Gasteiger partial charge in [-0.05, 0) is 50.2 Å². The number of rotatable bonds is 6. The Hall–Kier alpha value is -2.87. The molecule has 0 atom stereocenters. The number of benzene rings is 2. The first kappa shape index (κ1) is 17.9. The van der Waals surface area contributed by atoms with E-state index in [4.69, 9.17) is 0 Å². The molecule has 0 spiro atoms. The smallest absolute Gasteiger partial charge is 0.0702 e. The monoisotopic (exact) mass is 342 g/mol. The molecule has 3 aromatic rings. The van der Waals surface area contributed by atoms with Crippen LogP contribution in [-0.4, -0.2) is 9.88 Å². The summed E-state index contributed by atoms with van der Waals surface area (Å²) in [5.41, 5.74) is 6.17. The minimum Gasteiger partial charge on any atom is -0.347 e. The second-order valence-electron chi connectivity index (χ2n) is 6.59. The lowest BCUT2D eigenvalue weighted by molar-refractivity contribution is 0.446. The van der Waals surface area contributed by atoms with Crippen LogP contribution < -0.4 is 0 Å². The maximum atomic E-state index is 4.60. The van der Waals surface area contributed by atoms with Crippen molar-refractivity contribution in [3.8, 4) is 0 Å². The molecule has 0 unspecified atom stereocenters. The van der Waals surface area contributed by atoms with Crippen molar-refractivity contribution in [2.45, 2.75) is 33.7 Å². The topological polar surface area (TPSA) is 16.1 Å². The summed E-state index contributed by atoms with van der Waals surface area (Å²) in [6.45, 7) is 7.11. The van der Waals surface area contributed by atoms with Crippen molar-refractivity contribution in [1.82, 2.24) is 9.88 Å². The Morgan fingerprint density at radius 2 is 1.77 bits per heavy atom. The molecule has 2 aromatic carbocycles. The number of nitrogens with zero attached hydrogens (tertiary/aromatic N) is 2. The van der Waals surface area contributed by atoms with E-state index in [9.17, 15) is 0 Å². The van der Waals surface area contributed by atoms with Gasteiger partial charge < -0.3 is 4.90 Å². The van der Waals surface area contributed by atoms with Gasteiger partial charge in [-0.1, -0.05) is 60.2 Å². The Morgan fingerprint density at radius 3 is 2.50 bits per heavy atom. The van der Waals surface area contributed by atoms with Crippen LogP contribution in [0.3, 0.4) is 0 Å². The molecule has 2 nitrogen and oxygen atoms in total. The van der Waals surface area contributed by atoms with Crippen molar-refractivity contribution in [3.63, 3.8) is 0 Å². The molecule has 1 aromatic heterocycles. The Balaban J connectivity index is 1.82. The van der Waals surface area contributed by atoms with E-state index in [2.05, 4.69) is 97.5 Å². The summed E-state index contributed by atoms with van der Waals surface area (Å²) < 4.78 is 0. The third kappa shape index (κ3) is 4.40. The molecule has 0 amide bonds. The van der Waals surface area contributed by atoms with E-state index >= 15 is 0 Å². The summed E-state index contributed by atoms with van der Waals surface area (Å²) >= 11 is 0. The number of pyridine rings is 1. The van der Waals surface area contributed by atoms with Crippen LogP contribution in [0.5, 0.6) is 0 Å². The Morgan fingerprint density at radius 1 is 1.00 bits per heavy atom. The van der Waals surface area contributed by atoms with Gasteiger partial charge >= 0.3 is 0 Å². The van der Waals surface area contributed by atoms with Crippen molar-refractivity contribution in [3.05, 3.63) is 102 Å². The molecule has 26 heavy (non-hydrogen) atoms. The maximum Gasteiger partial charge on any atom is 0.0702 e. The lowest BCUT2D eigenvalue weighted by Crippen LogP contribution is -2.18. The lowest BCUT2D eigenvalue weighted by Gasteiger charge is -2.24. The minimum atomic E-state index is 0.813. The number of para-hydroxylation sites is 1. The van der Waals surface area contributed by atoms with E-state index in [0.717, 1.165) is 18.5 Å². The molecule has 0 saturated heterocycles. The van der Waals surface area contributed by atoms with Crippen LogP contribution in [0.25, 0.3) is 10.9 Å². The van der Waals surface area contributed by atoms with Gasteiger partial charge in [-0.25, -0.2) is 0 Å². The van der Waals surface area contributed by atoms with Gasteiger partial charge in [0.1, 0.15) is 0 Å². The van der Waals surface area contributed by atoms with Gasteiger partial charge in [-0.15, -0.1) is 0 Å².